The van der Waals surface area contributed by atoms with E-state index in [1.54, 1.807) is 24.3 Å². The lowest BCUT2D eigenvalue weighted by Gasteiger charge is -2.26. The minimum Gasteiger partial charge on any atom is -0.478 e. The summed E-state index contributed by atoms with van der Waals surface area (Å²) in [5.74, 6) is -1.61. The molecular weight excluding hydrogens is 436 g/mol. The van der Waals surface area contributed by atoms with E-state index in [0.29, 0.717) is 17.0 Å². The van der Waals surface area contributed by atoms with E-state index in [0.717, 1.165) is 60.8 Å². The summed E-state index contributed by atoms with van der Waals surface area (Å²) in [6.07, 6.45) is 5.50. The Morgan fingerprint density at radius 3 is 1.77 bits per heavy atom. The van der Waals surface area contributed by atoms with Crippen LogP contribution in [0.3, 0.4) is 0 Å². The van der Waals surface area contributed by atoms with Crippen molar-refractivity contribution < 1.29 is 19.8 Å². The maximum Gasteiger partial charge on any atom is 0.336 e. The SMILES string of the molecule is CCCCc1cc(CCC)c(-c2ccccc2C(=O)O)c(-c2ccccc2C(=O)O)c1CC(C)C. The second-order valence-corrected chi connectivity index (χ2v) is 9.58. The first kappa shape index (κ1) is 26.2. The molecular formula is C31H36O4. The molecule has 35 heavy (non-hydrogen) atoms. The number of aryl methyl sites for hydroxylation is 2. The minimum absolute atomic E-state index is 0.232. The Bertz CT molecular complexity index is 1210. The van der Waals surface area contributed by atoms with Crippen molar-refractivity contribution in [2.75, 3.05) is 0 Å². The molecule has 184 valence electrons. The van der Waals surface area contributed by atoms with Gasteiger partial charge in [-0.3, -0.25) is 0 Å². The molecule has 3 aromatic carbocycles. The predicted molar refractivity (Wildman–Crippen MR) is 142 cm³/mol. The topological polar surface area (TPSA) is 74.6 Å². The molecule has 0 radical (unpaired) electrons. The van der Waals surface area contributed by atoms with Crippen molar-refractivity contribution in [1.29, 1.82) is 0 Å². The highest BCUT2D eigenvalue weighted by Crippen LogP contribution is 2.44. The second kappa shape index (κ2) is 11.8. The van der Waals surface area contributed by atoms with Crippen LogP contribution in [-0.2, 0) is 19.3 Å². The van der Waals surface area contributed by atoms with E-state index in [1.807, 2.05) is 24.3 Å². The maximum absolute atomic E-state index is 12.3. The van der Waals surface area contributed by atoms with Crippen LogP contribution in [0.1, 0.15) is 84.4 Å². The number of benzene rings is 3. The van der Waals surface area contributed by atoms with Gasteiger partial charge in [0.25, 0.3) is 0 Å². The third-order valence-electron chi connectivity index (χ3n) is 6.39. The van der Waals surface area contributed by atoms with Crippen molar-refractivity contribution in [2.24, 2.45) is 5.92 Å². The van der Waals surface area contributed by atoms with Crippen molar-refractivity contribution in [1.82, 2.24) is 0 Å². The molecule has 3 aromatic rings. The molecule has 0 aromatic heterocycles. The normalized spacial score (nSPS) is 11.1. The van der Waals surface area contributed by atoms with Crippen LogP contribution < -0.4 is 0 Å². The summed E-state index contributed by atoms with van der Waals surface area (Å²) in [6.45, 7) is 8.63. The fraction of sp³-hybridized carbons (Fsp3) is 0.355. The lowest BCUT2D eigenvalue weighted by atomic mass is 9.78. The molecule has 0 spiro atoms. The van der Waals surface area contributed by atoms with Crippen molar-refractivity contribution >= 4 is 11.9 Å². The van der Waals surface area contributed by atoms with E-state index < -0.39 is 11.9 Å². The molecule has 0 atom stereocenters. The van der Waals surface area contributed by atoms with Crippen LogP contribution in [0.15, 0.2) is 54.6 Å². The van der Waals surface area contributed by atoms with E-state index in [1.165, 1.54) is 5.56 Å². The van der Waals surface area contributed by atoms with E-state index in [2.05, 4.69) is 33.8 Å². The maximum atomic E-state index is 12.3. The molecule has 3 rings (SSSR count). The van der Waals surface area contributed by atoms with Gasteiger partial charge in [0.1, 0.15) is 0 Å². The van der Waals surface area contributed by atoms with E-state index in [-0.39, 0.29) is 11.1 Å². The van der Waals surface area contributed by atoms with E-state index in [4.69, 9.17) is 0 Å². The number of carboxylic acids is 2. The third-order valence-corrected chi connectivity index (χ3v) is 6.39. The fourth-order valence-electron chi connectivity index (χ4n) is 4.92. The van der Waals surface area contributed by atoms with Crippen molar-refractivity contribution in [3.8, 4) is 22.3 Å². The number of rotatable bonds is 11. The number of carboxylic acid groups (broad SMARTS) is 2. The quantitative estimate of drug-likeness (QED) is 0.297. The monoisotopic (exact) mass is 472 g/mol. The molecule has 0 saturated carbocycles. The van der Waals surface area contributed by atoms with Gasteiger partial charge < -0.3 is 10.2 Å². The smallest absolute Gasteiger partial charge is 0.336 e. The molecule has 4 heteroatoms. The van der Waals surface area contributed by atoms with Gasteiger partial charge in [0.05, 0.1) is 11.1 Å². The van der Waals surface area contributed by atoms with Crippen molar-refractivity contribution in [3.05, 3.63) is 82.4 Å². The molecule has 0 unspecified atom stereocenters. The van der Waals surface area contributed by atoms with Crippen LogP contribution in [-0.4, -0.2) is 22.2 Å². The van der Waals surface area contributed by atoms with Gasteiger partial charge in [0, 0.05) is 0 Å². The predicted octanol–water partition coefficient (Wildman–Crippen LogP) is 7.91. The lowest BCUT2D eigenvalue weighted by molar-refractivity contribution is 0.0686. The van der Waals surface area contributed by atoms with Gasteiger partial charge in [0.2, 0.25) is 0 Å². The summed E-state index contributed by atoms with van der Waals surface area (Å²) in [6, 6.07) is 16.5. The standard InChI is InChI=1S/C31H36O4/c1-5-7-13-21-19-22(12-6-2)28(23-14-8-10-16-25(23)30(32)33)29(27(21)18-20(3)4)24-15-9-11-17-26(24)31(34)35/h8-11,14-17,19-20H,5-7,12-13,18H2,1-4H3,(H,32,33)(H,34,35). The molecule has 0 fully saturated rings. The zero-order chi connectivity index (χ0) is 25.5. The summed E-state index contributed by atoms with van der Waals surface area (Å²) in [5.41, 5.74) is 6.96. The van der Waals surface area contributed by atoms with Gasteiger partial charge in [-0.2, -0.15) is 0 Å². The van der Waals surface area contributed by atoms with Crippen LogP contribution in [0, 0.1) is 5.92 Å². The first-order chi connectivity index (χ1) is 16.8. The largest absolute Gasteiger partial charge is 0.478 e. The van der Waals surface area contributed by atoms with Crippen LogP contribution in [0.4, 0.5) is 0 Å². The first-order valence-corrected chi connectivity index (χ1v) is 12.6. The second-order valence-electron chi connectivity index (χ2n) is 9.58. The molecule has 4 nitrogen and oxygen atoms in total. The molecule has 0 amide bonds. The number of hydrogen-bond acceptors (Lipinski definition) is 2. The first-order valence-electron chi connectivity index (χ1n) is 12.6. The fourth-order valence-corrected chi connectivity index (χ4v) is 4.92. The number of aromatic carboxylic acids is 2. The van der Waals surface area contributed by atoms with Crippen LogP contribution in [0.2, 0.25) is 0 Å². The highest BCUT2D eigenvalue weighted by Gasteiger charge is 2.26. The van der Waals surface area contributed by atoms with E-state index in [9.17, 15) is 19.8 Å². The number of carbonyl (C=O) groups is 2. The molecule has 0 aliphatic heterocycles. The van der Waals surface area contributed by atoms with E-state index >= 15 is 0 Å². The summed E-state index contributed by atoms with van der Waals surface area (Å²) >= 11 is 0. The van der Waals surface area contributed by atoms with Crippen LogP contribution >= 0.6 is 0 Å². The van der Waals surface area contributed by atoms with Crippen molar-refractivity contribution in [2.45, 2.75) is 66.2 Å². The Labute approximate surface area is 208 Å². The van der Waals surface area contributed by atoms with Gasteiger partial charge in [-0.25, -0.2) is 9.59 Å². The average Bonchev–Trinajstić information content (AvgIpc) is 2.83. The molecule has 2 N–H and O–H groups in total. The highest BCUT2D eigenvalue weighted by atomic mass is 16.4. The van der Waals surface area contributed by atoms with Gasteiger partial charge in [-0.05, 0) is 82.7 Å². The highest BCUT2D eigenvalue weighted by molar-refractivity contribution is 6.04. The van der Waals surface area contributed by atoms with Gasteiger partial charge in [-0.1, -0.05) is 83.0 Å². The zero-order valence-corrected chi connectivity index (χ0v) is 21.2. The lowest BCUT2D eigenvalue weighted by Crippen LogP contribution is -2.11. The van der Waals surface area contributed by atoms with Gasteiger partial charge in [-0.15, -0.1) is 0 Å². The Hall–Kier alpha value is -3.40. The average molecular weight is 473 g/mol. The van der Waals surface area contributed by atoms with Crippen molar-refractivity contribution in [3.63, 3.8) is 0 Å². The molecule has 0 saturated heterocycles. The van der Waals surface area contributed by atoms with Gasteiger partial charge >= 0.3 is 11.9 Å². The number of hydrogen-bond donors (Lipinski definition) is 2. The molecule has 0 aliphatic rings. The minimum atomic E-state index is -0.985. The number of unbranched alkanes of at least 4 members (excludes halogenated alkanes) is 1. The molecule has 0 heterocycles. The summed E-state index contributed by atoms with van der Waals surface area (Å²) < 4.78 is 0. The van der Waals surface area contributed by atoms with Crippen LogP contribution in [0.25, 0.3) is 22.3 Å². The summed E-state index contributed by atoms with van der Waals surface area (Å²) in [7, 11) is 0. The zero-order valence-electron chi connectivity index (χ0n) is 21.2. The Morgan fingerprint density at radius 1 is 0.743 bits per heavy atom. The molecule has 0 bridgehead atoms. The summed E-state index contributed by atoms with van der Waals surface area (Å²) in [5, 5.41) is 20.1. The summed E-state index contributed by atoms with van der Waals surface area (Å²) in [4.78, 5) is 24.6. The molecule has 0 aliphatic carbocycles. The van der Waals surface area contributed by atoms with Crippen LogP contribution in [0.5, 0.6) is 0 Å². The van der Waals surface area contributed by atoms with Gasteiger partial charge in [0.15, 0.2) is 0 Å². The Morgan fingerprint density at radius 2 is 1.29 bits per heavy atom. The third kappa shape index (κ3) is 5.82. The Kier molecular flexibility index (Phi) is 8.86. The Balaban J connectivity index is 2.57.